The van der Waals surface area contributed by atoms with Gasteiger partial charge in [0.05, 0.1) is 5.92 Å². The zero-order valence-corrected chi connectivity index (χ0v) is 11.0. The topological polar surface area (TPSA) is 40.5 Å². The molecule has 0 spiro atoms. The summed E-state index contributed by atoms with van der Waals surface area (Å²) in [5, 5.41) is 11.1. The van der Waals surface area contributed by atoms with Gasteiger partial charge in [-0.25, -0.2) is 0 Å². The average molecular weight is 263 g/mol. The van der Waals surface area contributed by atoms with Crippen LogP contribution < -0.4 is 0 Å². The Balaban J connectivity index is 2.08. The fourth-order valence-electron chi connectivity index (χ4n) is 2.07. The summed E-state index contributed by atoms with van der Waals surface area (Å²) >= 11 is 1.72. The summed E-state index contributed by atoms with van der Waals surface area (Å²) in [7, 11) is 0. The number of carbonyl (C=O) groups is 1. The van der Waals surface area contributed by atoms with Crippen molar-refractivity contribution in [2.24, 2.45) is 5.92 Å². The fourth-order valence-corrected chi connectivity index (χ4v) is 2.72. The molecule has 0 unspecified atom stereocenters. The largest absolute Gasteiger partial charge is 0.481 e. The number of allylic oxidation sites excluding steroid dienone is 4. The van der Waals surface area contributed by atoms with Crippen molar-refractivity contribution in [2.45, 2.75) is 6.42 Å². The molecule has 2 aliphatic rings. The van der Waals surface area contributed by atoms with Gasteiger partial charge in [-0.3, -0.25) is 4.79 Å². The van der Waals surface area contributed by atoms with E-state index in [2.05, 4.69) is 17.6 Å². The predicted molar refractivity (Wildman–Crippen MR) is 75.3 cm³/mol. The monoisotopic (exact) mass is 263 g/mol. The van der Waals surface area contributed by atoms with Crippen LogP contribution in [0.4, 0.5) is 0 Å². The maximum atomic E-state index is 11.0. The number of thioether (sulfide) groups is 1. The smallest absolute Gasteiger partial charge is 0.308 e. The molecule has 0 amide bonds. The minimum absolute atomic E-state index is 0.235. The first-order chi connectivity index (χ1) is 8.66. The Kier molecular flexibility index (Phi) is 4.31. The van der Waals surface area contributed by atoms with E-state index in [1.807, 2.05) is 23.6 Å². The van der Waals surface area contributed by atoms with Gasteiger partial charge in [-0.1, -0.05) is 18.7 Å². The molecule has 3 nitrogen and oxygen atoms in total. The van der Waals surface area contributed by atoms with E-state index in [1.54, 1.807) is 11.8 Å². The van der Waals surface area contributed by atoms with Crippen molar-refractivity contribution in [1.82, 2.24) is 4.90 Å². The minimum Gasteiger partial charge on any atom is -0.481 e. The van der Waals surface area contributed by atoms with Crippen molar-refractivity contribution < 1.29 is 9.90 Å². The molecule has 4 heteroatoms. The van der Waals surface area contributed by atoms with Gasteiger partial charge < -0.3 is 10.0 Å². The molecule has 2 rings (SSSR count). The van der Waals surface area contributed by atoms with Crippen LogP contribution in [0.25, 0.3) is 0 Å². The van der Waals surface area contributed by atoms with E-state index in [0.29, 0.717) is 6.54 Å². The molecular formula is C14H17NO2S. The van der Waals surface area contributed by atoms with Gasteiger partial charge in [-0.15, -0.1) is 11.8 Å². The van der Waals surface area contributed by atoms with Crippen molar-refractivity contribution in [1.29, 1.82) is 0 Å². The number of carboxylic acid groups (broad SMARTS) is 1. The van der Waals surface area contributed by atoms with E-state index in [-0.39, 0.29) is 5.92 Å². The number of carboxylic acids is 1. The second kappa shape index (κ2) is 5.96. The van der Waals surface area contributed by atoms with Gasteiger partial charge in [0.2, 0.25) is 0 Å². The number of nitrogens with zero attached hydrogens (tertiary/aromatic N) is 1. The van der Waals surface area contributed by atoms with Gasteiger partial charge in [0, 0.05) is 24.5 Å². The van der Waals surface area contributed by atoms with Crippen molar-refractivity contribution >= 4 is 17.7 Å². The Morgan fingerprint density at radius 1 is 1.44 bits per heavy atom. The van der Waals surface area contributed by atoms with E-state index < -0.39 is 5.97 Å². The lowest BCUT2D eigenvalue weighted by Crippen LogP contribution is -2.22. The van der Waals surface area contributed by atoms with Gasteiger partial charge in [0.25, 0.3) is 0 Å². The minimum atomic E-state index is -0.689. The zero-order chi connectivity index (χ0) is 13.0. The van der Waals surface area contributed by atoms with Crippen LogP contribution in [0.3, 0.4) is 0 Å². The molecule has 1 saturated heterocycles. The number of rotatable bonds is 2. The van der Waals surface area contributed by atoms with Crippen LogP contribution in [0.5, 0.6) is 0 Å². The van der Waals surface area contributed by atoms with Crippen molar-refractivity contribution in [3.05, 3.63) is 47.6 Å². The van der Waals surface area contributed by atoms with Crippen molar-refractivity contribution in [2.75, 3.05) is 18.8 Å². The van der Waals surface area contributed by atoms with Crippen LogP contribution in [0.1, 0.15) is 6.42 Å². The van der Waals surface area contributed by atoms with E-state index in [1.165, 1.54) is 0 Å². The molecule has 0 saturated carbocycles. The van der Waals surface area contributed by atoms with Crippen molar-refractivity contribution in [3.63, 3.8) is 0 Å². The van der Waals surface area contributed by atoms with E-state index >= 15 is 0 Å². The van der Waals surface area contributed by atoms with Crippen LogP contribution in [-0.4, -0.2) is 34.8 Å². The normalized spacial score (nSPS) is 30.9. The van der Waals surface area contributed by atoms with Crippen LogP contribution >= 0.6 is 11.8 Å². The molecule has 2 heterocycles. The highest BCUT2D eigenvalue weighted by atomic mass is 32.2. The second-order valence-corrected chi connectivity index (χ2v) is 5.38. The molecule has 1 atom stereocenters. The summed E-state index contributed by atoms with van der Waals surface area (Å²) in [6.45, 7) is 5.36. The third kappa shape index (κ3) is 3.29. The number of hydrogen-bond acceptors (Lipinski definition) is 3. The standard InChI is InChI=1S/C14H17NO2S/c1-11-2-3-13(6-9-18-8-5-11)15-7-4-12(10-15)14(16)17/h2-3,5-6,8,12H,1,4,7,9-10H2,(H,16,17)/b3-2-,8-5-,13-6+/t12-/m1/s1. The van der Waals surface area contributed by atoms with Gasteiger partial charge in [0.1, 0.15) is 0 Å². The van der Waals surface area contributed by atoms with E-state index in [0.717, 1.165) is 30.0 Å². The summed E-state index contributed by atoms with van der Waals surface area (Å²) in [5.74, 6) is -0.0240. The lowest BCUT2D eigenvalue weighted by atomic mass is 10.1. The predicted octanol–water partition coefficient (Wildman–Crippen LogP) is 2.65. The van der Waals surface area contributed by atoms with Crippen LogP contribution in [0.15, 0.2) is 47.6 Å². The SMILES string of the molecule is C=C1/C=C\SC/C=C(N2CC[C@@H](C(=O)O)C2)\C=C/1. The molecule has 0 radical (unpaired) electrons. The summed E-state index contributed by atoms with van der Waals surface area (Å²) in [6, 6.07) is 0. The van der Waals surface area contributed by atoms with Crippen LogP contribution in [-0.2, 0) is 4.79 Å². The number of aliphatic carboxylic acids is 1. The maximum absolute atomic E-state index is 11.0. The molecule has 0 aromatic carbocycles. The second-order valence-electron chi connectivity index (χ2n) is 4.44. The van der Waals surface area contributed by atoms with Crippen LogP contribution in [0.2, 0.25) is 0 Å². The number of hydrogen-bond donors (Lipinski definition) is 1. The lowest BCUT2D eigenvalue weighted by Gasteiger charge is -2.19. The molecule has 0 aromatic heterocycles. The van der Waals surface area contributed by atoms with Gasteiger partial charge in [-0.2, -0.15) is 0 Å². The first kappa shape index (κ1) is 13.0. The van der Waals surface area contributed by atoms with E-state index in [4.69, 9.17) is 5.11 Å². The maximum Gasteiger partial charge on any atom is 0.308 e. The Labute approximate surface area is 112 Å². The third-order valence-electron chi connectivity index (χ3n) is 3.14. The van der Waals surface area contributed by atoms with Crippen LogP contribution in [0, 0.1) is 5.92 Å². The molecule has 0 bridgehead atoms. The Morgan fingerprint density at radius 2 is 2.28 bits per heavy atom. The molecule has 2 aliphatic heterocycles. The quantitative estimate of drug-likeness (QED) is 0.831. The molecule has 96 valence electrons. The summed E-state index contributed by atoms with van der Waals surface area (Å²) < 4.78 is 0. The molecule has 0 aromatic rings. The molecule has 1 N–H and O–H groups in total. The first-order valence-electron chi connectivity index (χ1n) is 6.00. The van der Waals surface area contributed by atoms with Crippen molar-refractivity contribution in [3.8, 4) is 0 Å². The van der Waals surface area contributed by atoms with Gasteiger partial charge in [-0.05, 0) is 29.6 Å². The highest BCUT2D eigenvalue weighted by molar-refractivity contribution is 8.02. The third-order valence-corrected chi connectivity index (χ3v) is 3.83. The molecule has 18 heavy (non-hydrogen) atoms. The highest BCUT2D eigenvalue weighted by Gasteiger charge is 2.28. The Hall–Kier alpha value is -1.42. The average Bonchev–Trinajstić information content (AvgIpc) is 2.83. The summed E-state index contributed by atoms with van der Waals surface area (Å²) in [4.78, 5) is 13.1. The Morgan fingerprint density at radius 3 is 3.00 bits per heavy atom. The zero-order valence-electron chi connectivity index (χ0n) is 10.2. The first-order valence-corrected chi connectivity index (χ1v) is 7.05. The van der Waals surface area contributed by atoms with E-state index in [9.17, 15) is 4.79 Å². The fraction of sp³-hybridized carbons (Fsp3) is 0.357. The van der Waals surface area contributed by atoms with Gasteiger partial charge >= 0.3 is 5.97 Å². The highest BCUT2D eigenvalue weighted by Crippen LogP contribution is 2.23. The molecular weight excluding hydrogens is 246 g/mol. The summed E-state index contributed by atoms with van der Waals surface area (Å²) in [5.41, 5.74) is 2.07. The lowest BCUT2D eigenvalue weighted by molar-refractivity contribution is -0.141. The number of likely N-dealkylation sites (tertiary alicyclic amines) is 1. The Bertz CT molecular complexity index is 437. The van der Waals surface area contributed by atoms with Gasteiger partial charge in [0.15, 0.2) is 0 Å². The molecule has 1 fully saturated rings. The molecule has 0 aliphatic carbocycles. The summed E-state index contributed by atoms with van der Waals surface area (Å²) in [6.07, 6.45) is 8.87.